The van der Waals surface area contributed by atoms with Crippen LogP contribution in [0.25, 0.3) is 0 Å². The first-order valence-electron chi connectivity index (χ1n) is 7.53. The van der Waals surface area contributed by atoms with Gasteiger partial charge in [-0.05, 0) is 51.3 Å². The van der Waals surface area contributed by atoms with E-state index in [-0.39, 0.29) is 18.8 Å². The average molecular weight is 325 g/mol. The van der Waals surface area contributed by atoms with Gasteiger partial charge in [0.15, 0.2) is 0 Å². The van der Waals surface area contributed by atoms with Crippen molar-refractivity contribution < 1.29 is 23.8 Å². The number of aliphatic carboxylic acids is 1. The van der Waals surface area contributed by atoms with Crippen LogP contribution >= 0.6 is 0 Å². The molecule has 0 saturated heterocycles. The van der Waals surface area contributed by atoms with Crippen molar-refractivity contribution in [3.8, 4) is 0 Å². The molecule has 0 aliphatic rings. The molecule has 6 heteroatoms. The Balaban J connectivity index is 2.84. The van der Waals surface area contributed by atoms with Crippen LogP contribution in [-0.4, -0.2) is 29.3 Å². The molecule has 0 spiro atoms. The topological polar surface area (TPSA) is 75.6 Å². The summed E-state index contributed by atoms with van der Waals surface area (Å²) in [6.45, 7) is 6.87. The molecule has 1 amide bonds. The lowest BCUT2D eigenvalue weighted by atomic mass is 9.79. The van der Waals surface area contributed by atoms with Crippen LogP contribution in [0.4, 0.5) is 9.18 Å². The number of carbonyl (C=O) groups excluding carboxylic acids is 1. The Morgan fingerprint density at radius 2 is 1.78 bits per heavy atom. The first kappa shape index (κ1) is 18.9. The molecule has 23 heavy (non-hydrogen) atoms. The zero-order valence-corrected chi connectivity index (χ0v) is 14.0. The van der Waals surface area contributed by atoms with Gasteiger partial charge in [-0.2, -0.15) is 0 Å². The Hall–Kier alpha value is -2.11. The summed E-state index contributed by atoms with van der Waals surface area (Å²) in [7, 11) is 0. The van der Waals surface area contributed by atoms with Gasteiger partial charge in [0.25, 0.3) is 0 Å². The SMILES string of the molecule is CCC(CNC(=O)OC(C)(C)C)(Cc1ccc(F)cc1)C(=O)O. The Morgan fingerprint density at radius 1 is 1.22 bits per heavy atom. The van der Waals surface area contributed by atoms with Gasteiger partial charge in [-0.1, -0.05) is 19.1 Å². The van der Waals surface area contributed by atoms with Crippen LogP contribution in [0.1, 0.15) is 39.7 Å². The minimum Gasteiger partial charge on any atom is -0.481 e. The Labute approximate surface area is 135 Å². The van der Waals surface area contributed by atoms with E-state index in [2.05, 4.69) is 5.32 Å². The van der Waals surface area contributed by atoms with Crippen LogP contribution in [0.3, 0.4) is 0 Å². The molecule has 5 nitrogen and oxygen atoms in total. The molecule has 1 atom stereocenters. The molecule has 0 saturated carbocycles. The second-order valence-corrected chi connectivity index (χ2v) is 6.60. The third kappa shape index (κ3) is 5.88. The molecule has 128 valence electrons. The van der Waals surface area contributed by atoms with Crippen molar-refractivity contribution in [1.29, 1.82) is 0 Å². The number of carbonyl (C=O) groups is 2. The molecule has 0 heterocycles. The van der Waals surface area contributed by atoms with Crippen LogP contribution in [0.5, 0.6) is 0 Å². The fraction of sp³-hybridized carbons (Fsp3) is 0.529. The molecule has 0 radical (unpaired) electrons. The first-order chi connectivity index (χ1) is 10.6. The van der Waals surface area contributed by atoms with Gasteiger partial charge in [-0.15, -0.1) is 0 Å². The van der Waals surface area contributed by atoms with Gasteiger partial charge in [0.1, 0.15) is 11.4 Å². The fourth-order valence-corrected chi connectivity index (χ4v) is 2.16. The highest BCUT2D eigenvalue weighted by Crippen LogP contribution is 2.27. The largest absolute Gasteiger partial charge is 0.481 e. The highest BCUT2D eigenvalue weighted by atomic mass is 19.1. The smallest absolute Gasteiger partial charge is 0.407 e. The van der Waals surface area contributed by atoms with E-state index >= 15 is 0 Å². The van der Waals surface area contributed by atoms with Gasteiger partial charge in [0.05, 0.1) is 5.41 Å². The quantitative estimate of drug-likeness (QED) is 0.841. The third-order valence-corrected chi connectivity index (χ3v) is 3.56. The summed E-state index contributed by atoms with van der Waals surface area (Å²) in [4.78, 5) is 23.5. The second-order valence-electron chi connectivity index (χ2n) is 6.60. The monoisotopic (exact) mass is 325 g/mol. The minimum atomic E-state index is -1.17. The normalized spacial score (nSPS) is 14.0. The van der Waals surface area contributed by atoms with E-state index < -0.39 is 23.1 Å². The third-order valence-electron chi connectivity index (χ3n) is 3.56. The molecule has 1 aromatic carbocycles. The standard InChI is InChI=1S/C17H24FNO4/c1-5-17(14(20)21,10-12-6-8-13(18)9-7-12)11-19-15(22)23-16(2,3)4/h6-9H,5,10-11H2,1-4H3,(H,19,22)(H,20,21). The number of hydrogen-bond acceptors (Lipinski definition) is 3. The molecule has 0 bridgehead atoms. The minimum absolute atomic E-state index is 0.0644. The lowest BCUT2D eigenvalue weighted by molar-refractivity contribution is -0.148. The maximum atomic E-state index is 13.0. The molecule has 1 aromatic rings. The summed E-state index contributed by atoms with van der Waals surface area (Å²) in [5.41, 5.74) is -1.13. The lowest BCUT2D eigenvalue weighted by Crippen LogP contribution is -2.45. The van der Waals surface area contributed by atoms with Gasteiger partial charge in [-0.25, -0.2) is 9.18 Å². The van der Waals surface area contributed by atoms with Gasteiger partial charge in [-0.3, -0.25) is 4.79 Å². The predicted octanol–water partition coefficient (Wildman–Crippen LogP) is 3.37. The molecule has 1 rings (SSSR count). The number of halogens is 1. The van der Waals surface area contributed by atoms with E-state index in [0.717, 1.165) is 0 Å². The maximum absolute atomic E-state index is 13.0. The molecule has 0 fully saturated rings. The number of amides is 1. The number of rotatable bonds is 6. The van der Waals surface area contributed by atoms with E-state index in [1.807, 2.05) is 0 Å². The summed E-state index contributed by atoms with van der Waals surface area (Å²) >= 11 is 0. The van der Waals surface area contributed by atoms with Crippen molar-refractivity contribution in [2.45, 2.75) is 46.1 Å². The van der Waals surface area contributed by atoms with Crippen LogP contribution in [-0.2, 0) is 16.0 Å². The summed E-state index contributed by atoms with van der Waals surface area (Å²) in [5.74, 6) is -1.39. The van der Waals surface area contributed by atoms with Crippen LogP contribution in [0.2, 0.25) is 0 Å². The molecule has 2 N–H and O–H groups in total. The lowest BCUT2D eigenvalue weighted by Gasteiger charge is -2.29. The van der Waals surface area contributed by atoms with Crippen molar-refractivity contribution in [2.75, 3.05) is 6.54 Å². The van der Waals surface area contributed by atoms with E-state index in [1.165, 1.54) is 12.1 Å². The van der Waals surface area contributed by atoms with Crippen molar-refractivity contribution in [1.82, 2.24) is 5.32 Å². The number of nitrogens with one attached hydrogen (secondary N) is 1. The highest BCUT2D eigenvalue weighted by molar-refractivity contribution is 5.77. The molecule has 1 unspecified atom stereocenters. The van der Waals surface area contributed by atoms with Crippen LogP contribution in [0.15, 0.2) is 24.3 Å². The van der Waals surface area contributed by atoms with Crippen molar-refractivity contribution in [3.05, 3.63) is 35.6 Å². The predicted molar refractivity (Wildman–Crippen MR) is 84.7 cm³/mol. The number of benzene rings is 1. The van der Waals surface area contributed by atoms with Crippen molar-refractivity contribution >= 4 is 12.1 Å². The Morgan fingerprint density at radius 3 is 2.22 bits per heavy atom. The second kappa shape index (κ2) is 7.44. The van der Waals surface area contributed by atoms with Gasteiger partial charge >= 0.3 is 12.1 Å². The van der Waals surface area contributed by atoms with E-state index in [9.17, 15) is 19.1 Å². The zero-order chi connectivity index (χ0) is 17.7. The molecule has 0 aromatic heterocycles. The van der Waals surface area contributed by atoms with E-state index in [4.69, 9.17) is 4.74 Å². The Bertz CT molecular complexity index is 551. The highest BCUT2D eigenvalue weighted by Gasteiger charge is 2.37. The molecule has 0 aliphatic carbocycles. The zero-order valence-electron chi connectivity index (χ0n) is 14.0. The number of carboxylic acid groups (broad SMARTS) is 1. The van der Waals surface area contributed by atoms with Gasteiger partial charge < -0.3 is 15.2 Å². The molecule has 0 aliphatic heterocycles. The average Bonchev–Trinajstić information content (AvgIpc) is 2.43. The van der Waals surface area contributed by atoms with Gasteiger partial charge in [0.2, 0.25) is 0 Å². The first-order valence-corrected chi connectivity index (χ1v) is 7.53. The number of hydrogen-bond donors (Lipinski definition) is 2. The van der Waals surface area contributed by atoms with Crippen molar-refractivity contribution in [3.63, 3.8) is 0 Å². The summed E-state index contributed by atoms with van der Waals surface area (Å²) in [6, 6.07) is 5.68. The maximum Gasteiger partial charge on any atom is 0.407 e. The van der Waals surface area contributed by atoms with E-state index in [1.54, 1.807) is 39.8 Å². The van der Waals surface area contributed by atoms with Crippen molar-refractivity contribution in [2.24, 2.45) is 5.41 Å². The summed E-state index contributed by atoms with van der Waals surface area (Å²) in [6.07, 6.45) is -0.152. The summed E-state index contributed by atoms with van der Waals surface area (Å²) in [5, 5.41) is 12.1. The molecular weight excluding hydrogens is 301 g/mol. The molecular formula is C17H24FNO4. The van der Waals surface area contributed by atoms with E-state index in [0.29, 0.717) is 12.0 Å². The van der Waals surface area contributed by atoms with Crippen LogP contribution < -0.4 is 5.32 Å². The Kier molecular flexibility index (Phi) is 6.12. The number of ether oxygens (including phenoxy) is 1. The van der Waals surface area contributed by atoms with Crippen LogP contribution in [0, 0.1) is 11.2 Å². The number of alkyl carbamates (subject to hydrolysis) is 1. The van der Waals surface area contributed by atoms with Gasteiger partial charge in [0, 0.05) is 6.54 Å². The fourth-order valence-electron chi connectivity index (χ4n) is 2.16. The number of carboxylic acids is 1. The summed E-state index contributed by atoms with van der Waals surface area (Å²) < 4.78 is 18.1.